The predicted octanol–water partition coefficient (Wildman–Crippen LogP) is 8.61. The maximum Gasteiger partial charge on any atom is 0.228 e. The molecule has 0 spiro atoms. The Kier molecular flexibility index (Phi) is 6.42. The van der Waals surface area contributed by atoms with Gasteiger partial charge in [-0.05, 0) is 72.1 Å². The number of fused-ring (bicyclic) bond motifs is 1. The molecule has 0 amide bonds. The van der Waals surface area contributed by atoms with E-state index in [0.717, 1.165) is 20.6 Å². The smallest absolute Gasteiger partial charge is 0.228 e. The molecular weight excluding hydrogens is 535 g/mol. The molecule has 0 fully saturated rings. The lowest BCUT2D eigenvalue weighted by Crippen LogP contribution is -1.92. The first kappa shape index (κ1) is 22.7. The number of rotatable bonds is 5. The van der Waals surface area contributed by atoms with Gasteiger partial charge >= 0.3 is 0 Å². The molecule has 0 saturated heterocycles. The zero-order valence-corrected chi connectivity index (χ0v) is 20.8. The van der Waals surface area contributed by atoms with Crippen molar-refractivity contribution in [2.24, 2.45) is 4.99 Å². The van der Waals surface area contributed by atoms with Crippen molar-refractivity contribution in [3.8, 4) is 17.2 Å². The molecule has 0 bridgehead atoms. The Morgan fingerprint density at radius 3 is 2.65 bits per heavy atom. The number of aliphatic imine (C=N–C) groups is 1. The van der Waals surface area contributed by atoms with E-state index in [-0.39, 0.29) is 5.75 Å². The lowest BCUT2D eigenvalue weighted by atomic mass is 10.0. The number of oxazole rings is 1. The SMILES string of the molecule is Oc1ccc(Cc2ccccc2Cl)cc1C=Nc1ccc2oc(-c3cc(Br)ccc3Cl)nc2c1. The number of aromatic hydroxyl groups is 1. The highest BCUT2D eigenvalue weighted by Crippen LogP contribution is 2.33. The Balaban J connectivity index is 1.41. The number of phenolic OH excluding ortho intramolecular Hbond substituents is 1. The van der Waals surface area contributed by atoms with Gasteiger partial charge in [0.15, 0.2) is 5.58 Å². The summed E-state index contributed by atoms with van der Waals surface area (Å²) in [6.07, 6.45) is 2.30. The quantitative estimate of drug-likeness (QED) is 0.222. The van der Waals surface area contributed by atoms with Crippen molar-refractivity contribution in [1.82, 2.24) is 4.98 Å². The van der Waals surface area contributed by atoms with E-state index in [9.17, 15) is 5.11 Å². The topological polar surface area (TPSA) is 58.6 Å². The molecule has 0 aliphatic rings. The first-order chi connectivity index (χ1) is 16.5. The molecule has 0 unspecified atom stereocenters. The van der Waals surface area contributed by atoms with E-state index in [1.807, 2.05) is 66.7 Å². The summed E-state index contributed by atoms with van der Waals surface area (Å²) in [7, 11) is 0. The number of aromatic nitrogens is 1. The van der Waals surface area contributed by atoms with Crippen molar-refractivity contribution >= 4 is 62.1 Å². The van der Waals surface area contributed by atoms with Gasteiger partial charge in [-0.1, -0.05) is 63.4 Å². The van der Waals surface area contributed by atoms with E-state index in [2.05, 4.69) is 25.9 Å². The molecule has 1 aromatic heterocycles. The highest BCUT2D eigenvalue weighted by Gasteiger charge is 2.13. The molecule has 1 N–H and O–H groups in total. The van der Waals surface area contributed by atoms with Crippen molar-refractivity contribution in [3.05, 3.63) is 110 Å². The van der Waals surface area contributed by atoms with Crippen LogP contribution in [-0.4, -0.2) is 16.3 Å². The van der Waals surface area contributed by atoms with Crippen molar-refractivity contribution in [2.45, 2.75) is 6.42 Å². The zero-order valence-electron chi connectivity index (χ0n) is 17.7. The summed E-state index contributed by atoms with van der Waals surface area (Å²) in [4.78, 5) is 9.12. The van der Waals surface area contributed by atoms with Gasteiger partial charge in [-0.25, -0.2) is 4.98 Å². The van der Waals surface area contributed by atoms with Gasteiger partial charge < -0.3 is 9.52 Å². The molecule has 7 heteroatoms. The third kappa shape index (κ3) is 4.87. The van der Waals surface area contributed by atoms with Crippen molar-refractivity contribution in [3.63, 3.8) is 0 Å². The predicted molar refractivity (Wildman–Crippen MR) is 142 cm³/mol. The van der Waals surface area contributed by atoms with Crippen LogP contribution in [0, 0.1) is 0 Å². The van der Waals surface area contributed by atoms with Gasteiger partial charge in [-0.3, -0.25) is 4.99 Å². The van der Waals surface area contributed by atoms with E-state index in [1.165, 1.54) is 0 Å². The van der Waals surface area contributed by atoms with Crippen molar-refractivity contribution in [2.75, 3.05) is 0 Å². The Hall–Kier alpha value is -3.12. The third-order valence-electron chi connectivity index (χ3n) is 5.33. The fourth-order valence-corrected chi connectivity index (χ4v) is 4.36. The molecule has 5 aromatic rings. The second-order valence-corrected chi connectivity index (χ2v) is 9.44. The normalized spacial score (nSPS) is 11.5. The molecule has 4 aromatic carbocycles. The molecule has 34 heavy (non-hydrogen) atoms. The number of hydrogen-bond donors (Lipinski definition) is 1. The van der Waals surface area contributed by atoms with Crippen molar-refractivity contribution in [1.29, 1.82) is 0 Å². The Morgan fingerprint density at radius 2 is 1.79 bits per heavy atom. The molecular formula is C27H17BrCl2N2O2. The van der Waals surface area contributed by atoms with E-state index in [0.29, 0.717) is 45.2 Å². The van der Waals surface area contributed by atoms with Gasteiger partial charge in [0.05, 0.1) is 16.3 Å². The molecule has 0 saturated carbocycles. The summed E-state index contributed by atoms with van der Waals surface area (Å²) < 4.78 is 6.77. The molecule has 168 valence electrons. The third-order valence-corrected chi connectivity index (χ3v) is 6.52. The molecule has 0 aliphatic heterocycles. The minimum absolute atomic E-state index is 0.153. The molecule has 5 rings (SSSR count). The molecule has 1 heterocycles. The van der Waals surface area contributed by atoms with Gasteiger partial charge in [0.2, 0.25) is 5.89 Å². The molecule has 0 radical (unpaired) electrons. The molecule has 0 atom stereocenters. The van der Waals surface area contributed by atoms with Crippen LogP contribution in [0.2, 0.25) is 10.0 Å². The second-order valence-electron chi connectivity index (χ2n) is 7.71. The Labute approximate surface area is 214 Å². The molecule has 0 aliphatic carbocycles. The summed E-state index contributed by atoms with van der Waals surface area (Å²) in [5.74, 6) is 0.591. The van der Waals surface area contributed by atoms with Crippen LogP contribution >= 0.6 is 39.1 Å². The number of phenols is 1. The average Bonchev–Trinajstić information content (AvgIpc) is 3.25. The van der Waals surface area contributed by atoms with E-state index in [1.54, 1.807) is 18.3 Å². The first-order valence-electron chi connectivity index (χ1n) is 10.4. The molecule has 4 nitrogen and oxygen atoms in total. The lowest BCUT2D eigenvalue weighted by Gasteiger charge is -2.06. The fourth-order valence-electron chi connectivity index (χ4n) is 3.60. The minimum Gasteiger partial charge on any atom is -0.507 e. The largest absolute Gasteiger partial charge is 0.507 e. The van der Waals surface area contributed by atoms with Crippen LogP contribution in [0.4, 0.5) is 5.69 Å². The number of benzene rings is 4. The highest BCUT2D eigenvalue weighted by molar-refractivity contribution is 9.10. The monoisotopic (exact) mass is 550 g/mol. The highest BCUT2D eigenvalue weighted by atomic mass is 79.9. The maximum atomic E-state index is 10.3. The summed E-state index contributed by atoms with van der Waals surface area (Å²) in [6, 6.07) is 24.2. The van der Waals surface area contributed by atoms with Crippen LogP contribution in [0.1, 0.15) is 16.7 Å². The van der Waals surface area contributed by atoms with Gasteiger partial charge in [-0.15, -0.1) is 0 Å². The number of nitrogens with zero attached hydrogens (tertiary/aromatic N) is 2. The van der Waals surface area contributed by atoms with Crippen molar-refractivity contribution < 1.29 is 9.52 Å². The standard InChI is InChI=1S/C27H17BrCl2N2O2/c28-19-6-8-23(30)21(13-19)27-32-24-14-20(7-10-26(24)34-27)31-15-18-12-16(5-9-25(18)33)11-17-3-1-2-4-22(17)29/h1-10,12-15,33H,11H2. The van der Waals surface area contributed by atoms with Gasteiger partial charge in [0, 0.05) is 21.3 Å². The first-order valence-corrected chi connectivity index (χ1v) is 12.0. The van der Waals surface area contributed by atoms with Crippen LogP contribution in [0.15, 0.2) is 92.7 Å². The summed E-state index contributed by atoms with van der Waals surface area (Å²) in [5, 5.41) is 11.6. The van der Waals surface area contributed by atoms with E-state index in [4.69, 9.17) is 27.6 Å². The van der Waals surface area contributed by atoms with Crippen LogP contribution in [-0.2, 0) is 6.42 Å². The summed E-state index contributed by atoms with van der Waals surface area (Å²) in [5.41, 5.74) is 5.35. The number of hydrogen-bond acceptors (Lipinski definition) is 4. The lowest BCUT2D eigenvalue weighted by molar-refractivity contribution is 0.474. The van der Waals surface area contributed by atoms with Crippen LogP contribution in [0.25, 0.3) is 22.6 Å². The van der Waals surface area contributed by atoms with Gasteiger partial charge in [0.25, 0.3) is 0 Å². The van der Waals surface area contributed by atoms with Crippen LogP contribution < -0.4 is 0 Å². The Morgan fingerprint density at radius 1 is 0.941 bits per heavy atom. The van der Waals surface area contributed by atoms with E-state index < -0.39 is 0 Å². The number of halogens is 3. The minimum atomic E-state index is 0.153. The van der Waals surface area contributed by atoms with Gasteiger partial charge in [0.1, 0.15) is 11.3 Å². The maximum absolute atomic E-state index is 10.3. The van der Waals surface area contributed by atoms with Crippen LogP contribution in [0.3, 0.4) is 0 Å². The second kappa shape index (κ2) is 9.63. The van der Waals surface area contributed by atoms with Gasteiger partial charge in [-0.2, -0.15) is 0 Å². The summed E-state index contributed by atoms with van der Waals surface area (Å²) >= 11 is 16.1. The van der Waals surface area contributed by atoms with Crippen LogP contribution in [0.5, 0.6) is 5.75 Å². The average molecular weight is 552 g/mol. The zero-order chi connectivity index (χ0) is 23.7. The summed E-state index contributed by atoms with van der Waals surface area (Å²) in [6.45, 7) is 0. The fraction of sp³-hybridized carbons (Fsp3) is 0.0370. The van der Waals surface area contributed by atoms with E-state index >= 15 is 0 Å². The Bertz CT molecular complexity index is 1550.